The Hall–Kier alpha value is -2.86. The first-order chi connectivity index (χ1) is 16.6. The summed E-state index contributed by atoms with van der Waals surface area (Å²) in [5.41, 5.74) is 3.92. The van der Waals surface area contributed by atoms with Crippen LogP contribution in [0.3, 0.4) is 0 Å². The first-order valence-corrected chi connectivity index (χ1v) is 12.9. The Labute approximate surface area is 203 Å². The molecule has 0 radical (unpaired) electrons. The van der Waals surface area contributed by atoms with E-state index in [4.69, 9.17) is 0 Å². The molecule has 6 nitrogen and oxygen atoms in total. The van der Waals surface area contributed by atoms with Crippen molar-refractivity contribution in [1.29, 1.82) is 0 Å². The lowest BCUT2D eigenvalue weighted by Crippen LogP contribution is -2.41. The molecule has 0 spiro atoms. The summed E-state index contributed by atoms with van der Waals surface area (Å²) < 4.78 is 0. The number of carbonyl (C=O) groups is 2. The van der Waals surface area contributed by atoms with Crippen LogP contribution in [0.2, 0.25) is 0 Å². The van der Waals surface area contributed by atoms with Crippen LogP contribution in [-0.2, 0) is 6.42 Å². The average Bonchev–Trinajstić information content (AvgIpc) is 3.41. The number of carbonyl (C=O) groups excluding carboxylic acids is 2. The van der Waals surface area contributed by atoms with Crippen LogP contribution in [0.4, 0.5) is 10.5 Å². The summed E-state index contributed by atoms with van der Waals surface area (Å²) in [7, 11) is 0. The molecule has 34 heavy (non-hydrogen) atoms. The second kappa shape index (κ2) is 12.0. The molecule has 2 aromatic rings. The number of nitrogens with zero attached hydrogens (tertiary/aromatic N) is 2. The first kappa shape index (κ1) is 24.3. The zero-order chi connectivity index (χ0) is 23.8. The van der Waals surface area contributed by atoms with Gasteiger partial charge in [-0.15, -0.1) is 0 Å². The molecule has 2 aromatic carbocycles. The molecule has 0 unspecified atom stereocenters. The van der Waals surface area contributed by atoms with Gasteiger partial charge in [-0.05, 0) is 93.6 Å². The molecule has 2 heterocycles. The van der Waals surface area contributed by atoms with Crippen molar-refractivity contribution >= 4 is 17.6 Å². The number of amides is 3. The van der Waals surface area contributed by atoms with Crippen molar-refractivity contribution in [1.82, 2.24) is 15.1 Å². The Morgan fingerprint density at radius 3 is 2.56 bits per heavy atom. The molecule has 6 heteroatoms. The number of aryl methyl sites for hydroxylation is 1. The first-order valence-electron chi connectivity index (χ1n) is 12.9. The van der Waals surface area contributed by atoms with E-state index in [1.54, 1.807) is 0 Å². The topological polar surface area (TPSA) is 64.7 Å². The van der Waals surface area contributed by atoms with Gasteiger partial charge in [-0.1, -0.05) is 31.2 Å². The Balaban J connectivity index is 1.29. The average molecular weight is 463 g/mol. The zero-order valence-electron chi connectivity index (χ0n) is 20.4. The van der Waals surface area contributed by atoms with Crippen molar-refractivity contribution in [2.45, 2.75) is 51.4 Å². The fraction of sp³-hybridized carbons (Fsp3) is 0.500. The van der Waals surface area contributed by atoms with Crippen LogP contribution in [0.15, 0.2) is 48.5 Å². The van der Waals surface area contributed by atoms with E-state index in [2.05, 4.69) is 40.7 Å². The molecule has 0 aromatic heterocycles. The third-order valence-electron chi connectivity index (χ3n) is 7.08. The van der Waals surface area contributed by atoms with Crippen molar-refractivity contribution in [2.75, 3.05) is 44.6 Å². The molecule has 0 saturated carbocycles. The summed E-state index contributed by atoms with van der Waals surface area (Å²) in [4.78, 5) is 29.9. The van der Waals surface area contributed by atoms with Gasteiger partial charge in [0.2, 0.25) is 0 Å². The smallest absolute Gasteiger partial charge is 0.321 e. The summed E-state index contributed by atoms with van der Waals surface area (Å²) in [5, 5.41) is 6.11. The minimum Gasteiger partial charge on any atom is -0.352 e. The molecule has 182 valence electrons. The number of piperidine rings is 1. The molecule has 0 bridgehead atoms. The summed E-state index contributed by atoms with van der Waals surface area (Å²) in [5.74, 6) is 0.231. The van der Waals surface area contributed by atoms with Crippen molar-refractivity contribution in [3.63, 3.8) is 0 Å². The number of likely N-dealkylation sites (tertiary alicyclic amines) is 2. The van der Waals surface area contributed by atoms with Crippen molar-refractivity contribution < 1.29 is 9.59 Å². The second-order valence-electron chi connectivity index (χ2n) is 9.55. The molecule has 2 saturated heterocycles. The van der Waals surface area contributed by atoms with Crippen molar-refractivity contribution in [3.8, 4) is 0 Å². The van der Waals surface area contributed by atoms with E-state index in [9.17, 15) is 9.59 Å². The number of urea groups is 1. The fourth-order valence-corrected chi connectivity index (χ4v) is 5.01. The van der Waals surface area contributed by atoms with E-state index >= 15 is 0 Å². The number of anilines is 1. The predicted molar refractivity (Wildman–Crippen MR) is 137 cm³/mol. The largest absolute Gasteiger partial charge is 0.352 e. The maximum absolute atomic E-state index is 12.9. The highest BCUT2D eigenvalue weighted by atomic mass is 16.2. The molecular weight excluding hydrogens is 424 g/mol. The minimum absolute atomic E-state index is 0.00999. The van der Waals surface area contributed by atoms with Crippen LogP contribution in [0.5, 0.6) is 0 Å². The summed E-state index contributed by atoms with van der Waals surface area (Å²) in [6.45, 7) is 7.69. The summed E-state index contributed by atoms with van der Waals surface area (Å²) in [6, 6.07) is 15.9. The molecule has 1 atom stereocenters. The number of hydrogen-bond acceptors (Lipinski definition) is 3. The van der Waals surface area contributed by atoms with E-state index in [1.165, 1.54) is 31.5 Å². The van der Waals surface area contributed by atoms with Gasteiger partial charge in [-0.3, -0.25) is 4.79 Å². The van der Waals surface area contributed by atoms with Crippen LogP contribution >= 0.6 is 0 Å². The monoisotopic (exact) mass is 462 g/mol. The van der Waals surface area contributed by atoms with Crippen molar-refractivity contribution in [2.24, 2.45) is 0 Å². The molecule has 2 fully saturated rings. The van der Waals surface area contributed by atoms with Crippen molar-refractivity contribution in [3.05, 3.63) is 65.2 Å². The standard InChI is InChI=1S/C28H38N4O2/c1-2-22-11-13-26(14-12-22)30-28(34)32-19-6-10-25(21-32)23-8-5-9-24(20-23)27(33)29-15-7-18-31-16-3-4-17-31/h5,8-9,11-14,20,25H,2-4,6-7,10,15-19,21H2,1H3,(H,29,33)(H,30,34)/t25-/m1/s1. The molecule has 2 aliphatic rings. The quantitative estimate of drug-likeness (QED) is 0.550. The highest BCUT2D eigenvalue weighted by Gasteiger charge is 2.25. The van der Waals surface area contributed by atoms with Gasteiger partial charge >= 0.3 is 6.03 Å². The van der Waals surface area contributed by atoms with E-state index in [0.29, 0.717) is 18.7 Å². The number of hydrogen-bond donors (Lipinski definition) is 2. The fourth-order valence-electron chi connectivity index (χ4n) is 5.01. The minimum atomic E-state index is -0.0548. The third kappa shape index (κ3) is 6.60. The van der Waals surface area contributed by atoms with Crippen LogP contribution < -0.4 is 10.6 Å². The van der Waals surface area contributed by atoms with Crippen LogP contribution in [0, 0.1) is 0 Å². The molecule has 2 N–H and O–H groups in total. The second-order valence-corrected chi connectivity index (χ2v) is 9.55. The Morgan fingerprint density at radius 1 is 1.00 bits per heavy atom. The van der Waals surface area contributed by atoms with Gasteiger partial charge < -0.3 is 20.4 Å². The summed E-state index contributed by atoms with van der Waals surface area (Å²) >= 11 is 0. The van der Waals surface area contributed by atoms with Gasteiger partial charge in [-0.25, -0.2) is 4.79 Å². The highest BCUT2D eigenvalue weighted by molar-refractivity contribution is 5.94. The van der Waals surface area contributed by atoms with Crippen LogP contribution in [-0.4, -0.2) is 61.0 Å². The van der Waals surface area contributed by atoms with Gasteiger partial charge in [0.15, 0.2) is 0 Å². The Morgan fingerprint density at radius 2 is 1.79 bits per heavy atom. The van der Waals surface area contributed by atoms with Gasteiger partial charge in [0.1, 0.15) is 0 Å². The van der Waals surface area contributed by atoms with Gasteiger partial charge in [0.05, 0.1) is 0 Å². The normalized spacial score (nSPS) is 18.6. The molecule has 2 aliphatic heterocycles. The SMILES string of the molecule is CCc1ccc(NC(=O)N2CCC[C@@H](c3cccc(C(=O)NCCCN4CCCC4)c3)C2)cc1. The molecule has 4 rings (SSSR count). The van der Waals surface area contributed by atoms with E-state index in [0.717, 1.165) is 50.0 Å². The van der Waals surface area contributed by atoms with Crippen LogP contribution in [0.1, 0.15) is 66.4 Å². The van der Waals surface area contributed by atoms with Gasteiger partial charge in [-0.2, -0.15) is 0 Å². The third-order valence-corrected chi connectivity index (χ3v) is 7.08. The van der Waals surface area contributed by atoms with Gasteiger partial charge in [0, 0.05) is 36.8 Å². The zero-order valence-corrected chi connectivity index (χ0v) is 20.4. The number of rotatable bonds is 8. The van der Waals surface area contributed by atoms with Crippen LogP contribution in [0.25, 0.3) is 0 Å². The maximum atomic E-state index is 12.9. The maximum Gasteiger partial charge on any atom is 0.321 e. The number of nitrogens with one attached hydrogen (secondary N) is 2. The lowest BCUT2D eigenvalue weighted by atomic mass is 9.89. The van der Waals surface area contributed by atoms with Gasteiger partial charge in [0.25, 0.3) is 5.91 Å². The highest BCUT2D eigenvalue weighted by Crippen LogP contribution is 2.28. The molecule has 0 aliphatic carbocycles. The lowest BCUT2D eigenvalue weighted by molar-refractivity contribution is 0.0951. The molecule has 3 amide bonds. The van der Waals surface area contributed by atoms with E-state index < -0.39 is 0 Å². The van der Waals surface area contributed by atoms with E-state index in [1.807, 2.05) is 35.2 Å². The molecular formula is C28H38N4O2. The van der Waals surface area contributed by atoms with E-state index in [-0.39, 0.29) is 17.9 Å². The Bertz CT molecular complexity index is 953. The number of benzene rings is 2. The summed E-state index contributed by atoms with van der Waals surface area (Å²) in [6.07, 6.45) is 6.55. The Kier molecular flexibility index (Phi) is 8.58. The lowest BCUT2D eigenvalue weighted by Gasteiger charge is -2.33. The predicted octanol–water partition coefficient (Wildman–Crippen LogP) is 4.88.